The highest BCUT2D eigenvalue weighted by Gasteiger charge is 2.13. The number of aromatic nitrogens is 4. The van der Waals surface area contributed by atoms with E-state index in [1.54, 1.807) is 17.1 Å². The lowest BCUT2D eigenvalue weighted by Crippen LogP contribution is -2.20. The predicted octanol–water partition coefficient (Wildman–Crippen LogP) is 2.75. The highest BCUT2D eigenvalue weighted by Crippen LogP contribution is 2.13. The Morgan fingerprint density at radius 1 is 1.42 bits per heavy atom. The third-order valence-corrected chi connectivity index (χ3v) is 3.07. The number of rotatable bonds is 4. The van der Waals surface area contributed by atoms with Gasteiger partial charge in [-0.1, -0.05) is 19.4 Å². The van der Waals surface area contributed by atoms with Gasteiger partial charge in [0.1, 0.15) is 5.82 Å². The molecule has 0 saturated carbocycles. The molecule has 0 atom stereocenters. The minimum absolute atomic E-state index is 0.103. The minimum atomic E-state index is -0.103. The van der Waals surface area contributed by atoms with Gasteiger partial charge in [0.15, 0.2) is 11.2 Å². The highest BCUT2D eigenvalue weighted by atomic mass is 16.1. The van der Waals surface area contributed by atoms with Crippen LogP contribution in [-0.4, -0.2) is 19.1 Å². The fourth-order valence-electron chi connectivity index (χ4n) is 1.98. The van der Waals surface area contributed by atoms with Crippen molar-refractivity contribution in [1.29, 1.82) is 0 Å². The second-order valence-corrected chi connectivity index (χ2v) is 4.93. The van der Waals surface area contributed by atoms with Crippen LogP contribution in [0.4, 0.5) is 0 Å². The van der Waals surface area contributed by atoms with Crippen molar-refractivity contribution in [3.63, 3.8) is 0 Å². The maximum absolute atomic E-state index is 12.4. The SMILES string of the molecule is CCC/C=C\n1c(C)nc2c(ncn2C(C)C)c1=O. The zero-order chi connectivity index (χ0) is 14.0. The molecule has 0 amide bonds. The molecule has 0 unspecified atom stereocenters. The first kappa shape index (κ1) is 13.5. The average Bonchev–Trinajstić information content (AvgIpc) is 2.77. The molecule has 2 heterocycles. The van der Waals surface area contributed by atoms with Crippen LogP contribution in [0.5, 0.6) is 0 Å². The summed E-state index contributed by atoms with van der Waals surface area (Å²) in [6.07, 6.45) is 7.47. The average molecular weight is 260 g/mol. The molecule has 2 aromatic rings. The Morgan fingerprint density at radius 3 is 2.79 bits per heavy atom. The van der Waals surface area contributed by atoms with Crippen molar-refractivity contribution in [3.8, 4) is 0 Å². The first-order chi connectivity index (χ1) is 9.06. The van der Waals surface area contributed by atoms with Crippen LogP contribution in [-0.2, 0) is 0 Å². The fraction of sp³-hybridized carbons (Fsp3) is 0.500. The smallest absolute Gasteiger partial charge is 0.285 e. The number of imidazole rings is 1. The lowest BCUT2D eigenvalue weighted by molar-refractivity contribution is 0.611. The van der Waals surface area contributed by atoms with Crippen molar-refractivity contribution in [2.75, 3.05) is 0 Å². The standard InChI is InChI=1S/C14H20N4O/c1-5-6-7-8-17-11(4)16-13-12(14(17)19)15-9-18(13)10(2)3/h7-10H,5-6H2,1-4H3/b8-7-. The van der Waals surface area contributed by atoms with Gasteiger partial charge in [0, 0.05) is 12.2 Å². The van der Waals surface area contributed by atoms with Gasteiger partial charge in [-0.25, -0.2) is 9.97 Å². The van der Waals surface area contributed by atoms with Crippen LogP contribution in [0.2, 0.25) is 0 Å². The lowest BCUT2D eigenvalue weighted by Gasteiger charge is -2.08. The molecule has 0 aliphatic heterocycles. The Morgan fingerprint density at radius 2 is 2.16 bits per heavy atom. The molecule has 19 heavy (non-hydrogen) atoms. The Bertz CT molecular complexity index is 664. The van der Waals surface area contributed by atoms with Gasteiger partial charge in [0.2, 0.25) is 0 Å². The van der Waals surface area contributed by atoms with Gasteiger partial charge < -0.3 is 4.57 Å². The van der Waals surface area contributed by atoms with E-state index in [1.807, 2.05) is 31.4 Å². The van der Waals surface area contributed by atoms with Crippen LogP contribution in [0.15, 0.2) is 17.2 Å². The summed E-state index contributed by atoms with van der Waals surface area (Å²) in [5.74, 6) is 0.687. The van der Waals surface area contributed by atoms with E-state index in [0.717, 1.165) is 12.8 Å². The van der Waals surface area contributed by atoms with E-state index in [-0.39, 0.29) is 11.6 Å². The number of aryl methyl sites for hydroxylation is 1. The molecule has 2 rings (SSSR count). The number of unbranched alkanes of at least 4 members (excludes halogenated alkanes) is 1. The van der Waals surface area contributed by atoms with Crippen LogP contribution in [0.25, 0.3) is 17.4 Å². The van der Waals surface area contributed by atoms with Gasteiger partial charge in [-0.15, -0.1) is 0 Å². The molecule has 102 valence electrons. The Labute approximate surface area is 112 Å². The topological polar surface area (TPSA) is 52.7 Å². The van der Waals surface area contributed by atoms with Gasteiger partial charge in [0.05, 0.1) is 6.33 Å². The molecule has 0 N–H and O–H groups in total. The van der Waals surface area contributed by atoms with Crippen molar-refractivity contribution < 1.29 is 0 Å². The third-order valence-electron chi connectivity index (χ3n) is 3.07. The van der Waals surface area contributed by atoms with Crippen LogP contribution < -0.4 is 5.56 Å². The summed E-state index contributed by atoms with van der Waals surface area (Å²) < 4.78 is 3.49. The summed E-state index contributed by atoms with van der Waals surface area (Å²) in [5, 5.41) is 0. The molecule has 0 aliphatic carbocycles. The van der Waals surface area contributed by atoms with E-state index >= 15 is 0 Å². The van der Waals surface area contributed by atoms with Crippen LogP contribution in [0.3, 0.4) is 0 Å². The van der Waals surface area contributed by atoms with Crippen LogP contribution in [0.1, 0.15) is 45.5 Å². The van der Waals surface area contributed by atoms with Crippen molar-refractivity contribution in [2.45, 2.75) is 46.6 Å². The molecular weight excluding hydrogens is 240 g/mol. The molecule has 2 aromatic heterocycles. The molecule has 0 aliphatic rings. The number of hydrogen-bond donors (Lipinski definition) is 0. The Kier molecular flexibility index (Phi) is 3.83. The molecule has 0 radical (unpaired) electrons. The maximum Gasteiger partial charge on any atom is 0.285 e. The largest absolute Gasteiger partial charge is 0.313 e. The molecular formula is C14H20N4O. The summed E-state index contributed by atoms with van der Waals surface area (Å²) in [7, 11) is 0. The third kappa shape index (κ3) is 2.45. The van der Waals surface area contributed by atoms with E-state index in [1.165, 1.54) is 0 Å². The molecule has 0 bridgehead atoms. The van der Waals surface area contributed by atoms with Crippen LogP contribution in [0, 0.1) is 6.92 Å². The second kappa shape index (κ2) is 5.38. The second-order valence-electron chi connectivity index (χ2n) is 4.93. The van der Waals surface area contributed by atoms with Gasteiger partial charge in [0.25, 0.3) is 5.56 Å². The van der Waals surface area contributed by atoms with Gasteiger partial charge in [-0.2, -0.15) is 0 Å². The zero-order valence-corrected chi connectivity index (χ0v) is 11.9. The molecule has 0 aromatic carbocycles. The molecule has 0 spiro atoms. The number of hydrogen-bond acceptors (Lipinski definition) is 3. The van der Waals surface area contributed by atoms with E-state index in [2.05, 4.69) is 16.9 Å². The number of allylic oxidation sites excluding steroid dienone is 1. The normalized spacial score (nSPS) is 12.1. The van der Waals surface area contributed by atoms with E-state index in [0.29, 0.717) is 17.0 Å². The molecule has 5 nitrogen and oxygen atoms in total. The van der Waals surface area contributed by atoms with Crippen molar-refractivity contribution in [1.82, 2.24) is 19.1 Å². The zero-order valence-electron chi connectivity index (χ0n) is 11.9. The Balaban J connectivity index is 2.61. The van der Waals surface area contributed by atoms with Crippen molar-refractivity contribution in [3.05, 3.63) is 28.6 Å². The van der Waals surface area contributed by atoms with Gasteiger partial charge in [-0.05, 0) is 27.2 Å². The first-order valence-electron chi connectivity index (χ1n) is 6.68. The quantitative estimate of drug-likeness (QED) is 0.849. The highest BCUT2D eigenvalue weighted by molar-refractivity contribution is 5.70. The minimum Gasteiger partial charge on any atom is -0.313 e. The Hall–Kier alpha value is -1.91. The van der Waals surface area contributed by atoms with Crippen molar-refractivity contribution >= 4 is 17.4 Å². The fourth-order valence-corrected chi connectivity index (χ4v) is 1.98. The van der Waals surface area contributed by atoms with Crippen molar-refractivity contribution in [2.24, 2.45) is 0 Å². The molecule has 5 heteroatoms. The lowest BCUT2D eigenvalue weighted by atomic mass is 10.3. The first-order valence-corrected chi connectivity index (χ1v) is 6.68. The number of fused-ring (bicyclic) bond motifs is 1. The van der Waals surface area contributed by atoms with E-state index in [9.17, 15) is 4.79 Å². The van der Waals surface area contributed by atoms with Crippen LogP contribution >= 0.6 is 0 Å². The monoisotopic (exact) mass is 260 g/mol. The number of nitrogens with zero attached hydrogens (tertiary/aromatic N) is 4. The summed E-state index contributed by atoms with van der Waals surface area (Å²) in [4.78, 5) is 21.1. The van der Waals surface area contributed by atoms with E-state index in [4.69, 9.17) is 0 Å². The predicted molar refractivity (Wildman–Crippen MR) is 77.1 cm³/mol. The maximum atomic E-state index is 12.4. The summed E-state index contributed by atoms with van der Waals surface area (Å²) in [6, 6.07) is 0.239. The van der Waals surface area contributed by atoms with Gasteiger partial charge in [-0.3, -0.25) is 9.36 Å². The van der Waals surface area contributed by atoms with E-state index < -0.39 is 0 Å². The molecule has 0 saturated heterocycles. The summed E-state index contributed by atoms with van der Waals surface area (Å²) >= 11 is 0. The summed E-state index contributed by atoms with van der Waals surface area (Å²) in [5.41, 5.74) is 0.993. The summed E-state index contributed by atoms with van der Waals surface area (Å²) in [6.45, 7) is 8.04. The molecule has 0 fully saturated rings. The van der Waals surface area contributed by atoms with Gasteiger partial charge >= 0.3 is 0 Å².